The third-order valence-electron chi connectivity index (χ3n) is 4.54. The number of hydrogen-bond acceptors (Lipinski definition) is 6. The van der Waals surface area contributed by atoms with Crippen LogP contribution in [0.5, 0.6) is 5.75 Å². The predicted molar refractivity (Wildman–Crippen MR) is 104 cm³/mol. The molecule has 0 amide bonds. The number of ether oxygens (including phenoxy) is 1. The first-order valence-corrected chi connectivity index (χ1v) is 10.1. The minimum absolute atomic E-state index is 0.711. The molecule has 134 valence electrons. The topological polar surface area (TPSA) is 41.5 Å². The van der Waals surface area contributed by atoms with Gasteiger partial charge in [0.2, 0.25) is 0 Å². The molecule has 1 aromatic heterocycles. The number of para-hydroxylation sites is 1. The second-order valence-electron chi connectivity index (χ2n) is 6.23. The average Bonchev–Trinajstić information content (AvgIpc) is 2.68. The highest BCUT2D eigenvalue weighted by molar-refractivity contribution is 7.98. The Morgan fingerprint density at radius 2 is 1.72 bits per heavy atom. The average molecular weight is 359 g/mol. The van der Waals surface area contributed by atoms with Gasteiger partial charge in [0.1, 0.15) is 5.75 Å². The third kappa shape index (κ3) is 4.93. The summed E-state index contributed by atoms with van der Waals surface area (Å²) in [7, 11) is 1.67. The number of hydrogen-bond donors (Lipinski definition) is 0. The zero-order valence-electron chi connectivity index (χ0n) is 15.0. The van der Waals surface area contributed by atoms with E-state index in [0.29, 0.717) is 5.82 Å². The monoisotopic (exact) mass is 358 g/mol. The molecule has 1 aliphatic heterocycles. The lowest BCUT2D eigenvalue weighted by Gasteiger charge is -2.34. The highest BCUT2D eigenvalue weighted by Gasteiger charge is 2.17. The van der Waals surface area contributed by atoms with Crippen molar-refractivity contribution in [2.24, 2.45) is 0 Å². The molecule has 0 aliphatic carbocycles. The first-order chi connectivity index (χ1) is 12.3. The van der Waals surface area contributed by atoms with Gasteiger partial charge in [-0.1, -0.05) is 12.1 Å². The van der Waals surface area contributed by atoms with Gasteiger partial charge in [-0.05, 0) is 18.4 Å². The quantitative estimate of drug-likeness (QED) is 0.758. The van der Waals surface area contributed by atoms with Crippen LogP contribution in [0.2, 0.25) is 0 Å². The molecule has 5 nitrogen and oxygen atoms in total. The van der Waals surface area contributed by atoms with Crippen molar-refractivity contribution in [3.8, 4) is 17.1 Å². The maximum atomic E-state index is 5.40. The minimum Gasteiger partial charge on any atom is -0.496 e. The van der Waals surface area contributed by atoms with E-state index in [1.54, 1.807) is 7.11 Å². The number of rotatable bonds is 7. The molecule has 0 bridgehead atoms. The van der Waals surface area contributed by atoms with Gasteiger partial charge in [0.25, 0.3) is 0 Å². The summed E-state index contributed by atoms with van der Waals surface area (Å²) < 4.78 is 5.40. The fraction of sp³-hybridized carbons (Fsp3) is 0.474. The second-order valence-corrected chi connectivity index (χ2v) is 7.21. The Hall–Kier alpha value is -1.63. The molecule has 1 fully saturated rings. The number of benzene rings is 1. The molecule has 2 heterocycles. The van der Waals surface area contributed by atoms with E-state index < -0.39 is 0 Å². The summed E-state index contributed by atoms with van der Waals surface area (Å²) >= 11 is 1.92. The molecule has 2 aromatic rings. The van der Waals surface area contributed by atoms with Crippen LogP contribution in [0.25, 0.3) is 11.4 Å². The molecule has 0 spiro atoms. The molecule has 3 rings (SSSR count). The van der Waals surface area contributed by atoms with Crippen molar-refractivity contribution in [1.29, 1.82) is 0 Å². The summed E-state index contributed by atoms with van der Waals surface area (Å²) in [5.41, 5.74) is 2.09. The second kappa shape index (κ2) is 9.17. The van der Waals surface area contributed by atoms with Gasteiger partial charge < -0.3 is 4.74 Å². The fourth-order valence-corrected chi connectivity index (χ4v) is 3.50. The van der Waals surface area contributed by atoms with E-state index in [4.69, 9.17) is 4.74 Å². The number of thioether (sulfide) groups is 1. The Morgan fingerprint density at radius 3 is 2.40 bits per heavy atom. The van der Waals surface area contributed by atoms with Gasteiger partial charge >= 0.3 is 0 Å². The Labute approximate surface area is 154 Å². The number of aromatic nitrogens is 2. The Bertz CT molecular complexity index is 657. The van der Waals surface area contributed by atoms with Gasteiger partial charge in [-0.2, -0.15) is 11.8 Å². The van der Waals surface area contributed by atoms with E-state index in [-0.39, 0.29) is 0 Å². The molecule has 6 heteroatoms. The van der Waals surface area contributed by atoms with Crippen LogP contribution in [0.4, 0.5) is 0 Å². The van der Waals surface area contributed by atoms with Gasteiger partial charge in [-0.25, -0.2) is 9.97 Å². The van der Waals surface area contributed by atoms with Crippen molar-refractivity contribution in [2.45, 2.75) is 6.54 Å². The Kier molecular flexibility index (Phi) is 6.67. The SMILES string of the molecule is COc1ccccc1-c1ncc(CN2CCN(CCSC)CC2)cn1. The molecule has 0 N–H and O–H groups in total. The molecule has 1 saturated heterocycles. The van der Waals surface area contributed by atoms with Crippen LogP contribution in [0, 0.1) is 0 Å². The Morgan fingerprint density at radius 1 is 1.04 bits per heavy atom. The third-order valence-corrected chi connectivity index (χ3v) is 5.13. The van der Waals surface area contributed by atoms with Gasteiger partial charge in [-0.3, -0.25) is 9.80 Å². The highest BCUT2D eigenvalue weighted by atomic mass is 32.2. The van der Waals surface area contributed by atoms with E-state index in [0.717, 1.165) is 49.6 Å². The Balaban J connectivity index is 1.57. The molecule has 0 atom stereocenters. The summed E-state index contributed by atoms with van der Waals surface area (Å²) in [5.74, 6) is 2.73. The van der Waals surface area contributed by atoms with Crippen LogP contribution in [0.1, 0.15) is 5.56 Å². The normalized spacial score (nSPS) is 16.1. The van der Waals surface area contributed by atoms with Gasteiger partial charge in [0, 0.05) is 63.0 Å². The number of methoxy groups -OCH3 is 1. The van der Waals surface area contributed by atoms with Crippen molar-refractivity contribution in [1.82, 2.24) is 19.8 Å². The van der Waals surface area contributed by atoms with Crippen molar-refractivity contribution < 1.29 is 4.74 Å². The lowest BCUT2D eigenvalue weighted by Crippen LogP contribution is -2.46. The smallest absolute Gasteiger partial charge is 0.162 e. The summed E-state index contributed by atoms with van der Waals surface area (Å²) in [6.07, 6.45) is 6.05. The standard InChI is InChI=1S/C19H26N4OS/c1-24-18-6-4-3-5-17(18)19-20-13-16(14-21-19)15-23-9-7-22(8-10-23)11-12-25-2/h3-6,13-14H,7-12,15H2,1-2H3. The summed E-state index contributed by atoms with van der Waals surface area (Å²) in [5, 5.41) is 0. The molecule has 1 aliphatic rings. The zero-order chi connectivity index (χ0) is 17.5. The fourth-order valence-electron chi connectivity index (χ4n) is 3.05. The molecule has 0 saturated carbocycles. The minimum atomic E-state index is 0.711. The van der Waals surface area contributed by atoms with Crippen LogP contribution in [-0.4, -0.2) is 71.6 Å². The summed E-state index contributed by atoms with van der Waals surface area (Å²) in [4.78, 5) is 14.1. The highest BCUT2D eigenvalue weighted by Crippen LogP contribution is 2.26. The van der Waals surface area contributed by atoms with Gasteiger partial charge in [0.15, 0.2) is 5.82 Å². The van der Waals surface area contributed by atoms with Crippen LogP contribution in [0.3, 0.4) is 0 Å². The van der Waals surface area contributed by atoms with Crippen molar-refractivity contribution in [3.63, 3.8) is 0 Å². The predicted octanol–water partition coefficient (Wildman–Crippen LogP) is 2.63. The summed E-state index contributed by atoms with van der Waals surface area (Å²) in [6, 6.07) is 7.85. The molecular weight excluding hydrogens is 332 g/mol. The van der Waals surface area contributed by atoms with Crippen LogP contribution in [0.15, 0.2) is 36.7 Å². The zero-order valence-corrected chi connectivity index (χ0v) is 15.8. The number of nitrogens with zero attached hydrogens (tertiary/aromatic N) is 4. The van der Waals surface area contributed by atoms with Crippen molar-refractivity contribution in [3.05, 3.63) is 42.2 Å². The first kappa shape index (κ1) is 18.2. The largest absolute Gasteiger partial charge is 0.496 e. The van der Waals surface area contributed by atoms with Crippen molar-refractivity contribution >= 4 is 11.8 Å². The number of piperazine rings is 1. The van der Waals surface area contributed by atoms with Gasteiger partial charge in [-0.15, -0.1) is 0 Å². The van der Waals surface area contributed by atoms with Gasteiger partial charge in [0.05, 0.1) is 12.7 Å². The maximum absolute atomic E-state index is 5.40. The lowest BCUT2D eigenvalue weighted by molar-refractivity contribution is 0.132. The maximum Gasteiger partial charge on any atom is 0.162 e. The van der Waals surface area contributed by atoms with E-state index in [1.807, 2.05) is 48.4 Å². The molecular formula is C19H26N4OS. The lowest BCUT2D eigenvalue weighted by atomic mass is 10.2. The van der Waals surface area contributed by atoms with E-state index in [2.05, 4.69) is 26.0 Å². The van der Waals surface area contributed by atoms with Crippen LogP contribution >= 0.6 is 11.8 Å². The molecule has 1 aromatic carbocycles. The molecule has 0 radical (unpaired) electrons. The van der Waals surface area contributed by atoms with E-state index in [9.17, 15) is 0 Å². The van der Waals surface area contributed by atoms with E-state index in [1.165, 1.54) is 12.3 Å². The first-order valence-electron chi connectivity index (χ1n) is 8.68. The van der Waals surface area contributed by atoms with Crippen LogP contribution < -0.4 is 4.74 Å². The summed E-state index contributed by atoms with van der Waals surface area (Å²) in [6.45, 7) is 6.65. The van der Waals surface area contributed by atoms with E-state index >= 15 is 0 Å². The molecule has 0 unspecified atom stereocenters. The van der Waals surface area contributed by atoms with Crippen LogP contribution in [-0.2, 0) is 6.54 Å². The molecule has 25 heavy (non-hydrogen) atoms. The van der Waals surface area contributed by atoms with Crippen molar-refractivity contribution in [2.75, 3.05) is 51.8 Å².